The predicted octanol–water partition coefficient (Wildman–Crippen LogP) is 3.01. The van der Waals surface area contributed by atoms with Crippen LogP contribution in [0, 0.1) is 0 Å². The molecule has 2 unspecified atom stereocenters. The molecule has 0 radical (unpaired) electrons. The highest BCUT2D eigenvalue weighted by Crippen LogP contribution is 2.17. The van der Waals surface area contributed by atoms with Crippen molar-refractivity contribution in [1.29, 1.82) is 0 Å². The fourth-order valence-electron chi connectivity index (χ4n) is 2.44. The van der Waals surface area contributed by atoms with Crippen LogP contribution < -0.4 is 15.4 Å². The number of aliphatic hydroxyl groups excluding tert-OH is 1. The van der Waals surface area contributed by atoms with E-state index < -0.39 is 6.10 Å². The Balaban J connectivity index is 1.77. The number of nitrogens with one attached hydrogen (secondary N) is 2. The summed E-state index contributed by atoms with van der Waals surface area (Å²) in [6.45, 7) is 2.29. The van der Waals surface area contributed by atoms with Crippen LogP contribution >= 0.6 is 0 Å². The van der Waals surface area contributed by atoms with Crippen molar-refractivity contribution in [2.45, 2.75) is 32.0 Å². The van der Waals surface area contributed by atoms with Gasteiger partial charge in [0.05, 0.1) is 13.2 Å². The molecule has 0 saturated heterocycles. The molecule has 0 saturated carbocycles. The Kier molecular flexibility index (Phi) is 6.63. The number of urea groups is 1. The monoisotopic (exact) mass is 328 g/mol. The Hall–Kier alpha value is -2.53. The number of ether oxygens (including phenoxy) is 1. The largest absolute Gasteiger partial charge is 0.497 e. The van der Waals surface area contributed by atoms with Crippen molar-refractivity contribution < 1.29 is 14.6 Å². The first-order valence-corrected chi connectivity index (χ1v) is 7.99. The molecule has 128 valence electrons. The second kappa shape index (κ2) is 8.93. The summed E-state index contributed by atoms with van der Waals surface area (Å²) in [5, 5.41) is 15.8. The first-order valence-electron chi connectivity index (χ1n) is 7.99. The molecule has 2 amide bonds. The van der Waals surface area contributed by atoms with Crippen molar-refractivity contribution in [2.75, 3.05) is 7.11 Å². The number of carbonyl (C=O) groups excluding carboxylic acids is 1. The van der Waals surface area contributed by atoms with Crippen LogP contribution in [0.25, 0.3) is 0 Å². The molecule has 2 atom stereocenters. The van der Waals surface area contributed by atoms with Gasteiger partial charge in [-0.25, -0.2) is 4.79 Å². The average molecular weight is 328 g/mol. The molecule has 0 aromatic heterocycles. The quantitative estimate of drug-likeness (QED) is 0.732. The van der Waals surface area contributed by atoms with Gasteiger partial charge in [-0.05, 0) is 36.6 Å². The SMILES string of the molecule is COc1cccc(CNC(=O)NC(C)CC(O)c2ccccc2)c1. The van der Waals surface area contributed by atoms with Crippen molar-refractivity contribution >= 4 is 6.03 Å². The number of hydrogen-bond donors (Lipinski definition) is 3. The third-order valence-corrected chi connectivity index (χ3v) is 3.73. The molecular weight excluding hydrogens is 304 g/mol. The first kappa shape index (κ1) is 17.8. The zero-order valence-electron chi connectivity index (χ0n) is 14.0. The molecule has 0 heterocycles. The second-order valence-corrected chi connectivity index (χ2v) is 5.74. The van der Waals surface area contributed by atoms with Gasteiger partial charge in [0, 0.05) is 12.6 Å². The van der Waals surface area contributed by atoms with E-state index in [0.29, 0.717) is 13.0 Å². The van der Waals surface area contributed by atoms with Crippen molar-refractivity contribution in [1.82, 2.24) is 10.6 Å². The van der Waals surface area contributed by atoms with Crippen LogP contribution in [-0.4, -0.2) is 24.3 Å². The van der Waals surface area contributed by atoms with Crippen LogP contribution in [0.2, 0.25) is 0 Å². The van der Waals surface area contributed by atoms with Gasteiger partial charge in [-0.15, -0.1) is 0 Å². The lowest BCUT2D eigenvalue weighted by atomic mass is 10.0. The molecule has 0 bridgehead atoms. The molecule has 2 aromatic rings. The van der Waals surface area contributed by atoms with E-state index in [-0.39, 0.29) is 12.1 Å². The van der Waals surface area contributed by atoms with E-state index in [4.69, 9.17) is 4.74 Å². The summed E-state index contributed by atoms with van der Waals surface area (Å²) in [6, 6.07) is 16.6. The van der Waals surface area contributed by atoms with Crippen molar-refractivity contribution in [3.63, 3.8) is 0 Å². The minimum absolute atomic E-state index is 0.148. The summed E-state index contributed by atoms with van der Waals surface area (Å²) >= 11 is 0. The maximum Gasteiger partial charge on any atom is 0.315 e. The number of rotatable bonds is 7. The molecule has 3 N–H and O–H groups in total. The van der Waals surface area contributed by atoms with Crippen molar-refractivity contribution in [2.24, 2.45) is 0 Å². The first-order chi connectivity index (χ1) is 11.6. The average Bonchev–Trinajstić information content (AvgIpc) is 2.60. The van der Waals surface area contributed by atoms with Gasteiger partial charge in [-0.2, -0.15) is 0 Å². The minimum Gasteiger partial charge on any atom is -0.497 e. The number of carbonyl (C=O) groups is 1. The summed E-state index contributed by atoms with van der Waals surface area (Å²) in [6.07, 6.45) is -0.142. The lowest BCUT2D eigenvalue weighted by Gasteiger charge is -2.18. The lowest BCUT2D eigenvalue weighted by molar-refractivity contribution is 0.154. The topological polar surface area (TPSA) is 70.6 Å². The van der Waals surface area contributed by atoms with Crippen molar-refractivity contribution in [3.05, 3.63) is 65.7 Å². The Labute approximate surface area is 142 Å². The number of benzene rings is 2. The maximum absolute atomic E-state index is 12.0. The maximum atomic E-state index is 12.0. The Morgan fingerprint density at radius 3 is 2.62 bits per heavy atom. The normalized spacial score (nSPS) is 13.0. The van der Waals surface area contributed by atoms with Gasteiger partial charge in [-0.3, -0.25) is 0 Å². The number of amides is 2. The standard InChI is InChI=1S/C19H24N2O3/c1-14(11-18(22)16-8-4-3-5-9-16)21-19(23)20-13-15-7-6-10-17(12-15)24-2/h3-10,12,14,18,22H,11,13H2,1-2H3,(H2,20,21,23). The van der Waals surface area contributed by atoms with E-state index in [1.165, 1.54) is 0 Å². The molecule has 5 nitrogen and oxygen atoms in total. The fraction of sp³-hybridized carbons (Fsp3) is 0.316. The summed E-state index contributed by atoms with van der Waals surface area (Å²) in [7, 11) is 1.61. The summed E-state index contributed by atoms with van der Waals surface area (Å²) in [5.74, 6) is 0.758. The molecule has 5 heteroatoms. The molecule has 0 spiro atoms. The summed E-state index contributed by atoms with van der Waals surface area (Å²) in [4.78, 5) is 12.0. The van der Waals surface area contributed by atoms with E-state index in [0.717, 1.165) is 16.9 Å². The predicted molar refractivity (Wildman–Crippen MR) is 93.8 cm³/mol. The Bertz CT molecular complexity index is 646. The van der Waals surface area contributed by atoms with Crippen LogP contribution in [0.3, 0.4) is 0 Å². The number of aliphatic hydroxyl groups is 1. The van der Waals surface area contributed by atoms with Gasteiger partial charge in [0.2, 0.25) is 0 Å². The van der Waals surface area contributed by atoms with Gasteiger partial charge in [-0.1, -0.05) is 42.5 Å². The number of methoxy groups -OCH3 is 1. The van der Waals surface area contributed by atoms with Gasteiger partial charge >= 0.3 is 6.03 Å². The minimum atomic E-state index is -0.597. The summed E-state index contributed by atoms with van der Waals surface area (Å²) < 4.78 is 5.16. The summed E-state index contributed by atoms with van der Waals surface area (Å²) in [5.41, 5.74) is 1.81. The van der Waals surface area contributed by atoms with E-state index in [1.807, 2.05) is 61.5 Å². The second-order valence-electron chi connectivity index (χ2n) is 5.74. The zero-order valence-corrected chi connectivity index (χ0v) is 14.0. The van der Waals surface area contributed by atoms with Gasteiger partial charge < -0.3 is 20.5 Å². The molecule has 0 aliphatic heterocycles. The van der Waals surface area contributed by atoms with E-state index in [2.05, 4.69) is 10.6 Å². The van der Waals surface area contributed by atoms with E-state index in [9.17, 15) is 9.90 Å². The lowest BCUT2D eigenvalue weighted by Crippen LogP contribution is -2.41. The molecule has 2 rings (SSSR count). The smallest absolute Gasteiger partial charge is 0.315 e. The highest BCUT2D eigenvalue weighted by atomic mass is 16.5. The molecule has 0 aliphatic carbocycles. The van der Waals surface area contributed by atoms with Crippen LogP contribution in [0.15, 0.2) is 54.6 Å². The van der Waals surface area contributed by atoms with Crippen molar-refractivity contribution in [3.8, 4) is 5.75 Å². The molecule has 24 heavy (non-hydrogen) atoms. The van der Waals surface area contributed by atoms with E-state index in [1.54, 1.807) is 7.11 Å². The van der Waals surface area contributed by atoms with Crippen LogP contribution in [0.1, 0.15) is 30.6 Å². The van der Waals surface area contributed by atoms with E-state index >= 15 is 0 Å². The highest BCUT2D eigenvalue weighted by molar-refractivity contribution is 5.74. The molecule has 2 aromatic carbocycles. The van der Waals surface area contributed by atoms with Crippen LogP contribution in [0.5, 0.6) is 5.75 Å². The number of hydrogen-bond acceptors (Lipinski definition) is 3. The third kappa shape index (κ3) is 5.59. The Morgan fingerprint density at radius 2 is 1.92 bits per heavy atom. The fourth-order valence-corrected chi connectivity index (χ4v) is 2.44. The highest BCUT2D eigenvalue weighted by Gasteiger charge is 2.14. The van der Waals surface area contributed by atoms with Gasteiger partial charge in [0.25, 0.3) is 0 Å². The Morgan fingerprint density at radius 1 is 1.17 bits per heavy atom. The van der Waals surface area contributed by atoms with Crippen LogP contribution in [0.4, 0.5) is 4.79 Å². The van der Waals surface area contributed by atoms with Crippen LogP contribution in [-0.2, 0) is 6.54 Å². The molecular formula is C19H24N2O3. The zero-order chi connectivity index (χ0) is 17.4. The third-order valence-electron chi connectivity index (χ3n) is 3.73. The molecule has 0 fully saturated rings. The molecule has 0 aliphatic rings. The van der Waals surface area contributed by atoms with Gasteiger partial charge in [0.1, 0.15) is 5.75 Å². The van der Waals surface area contributed by atoms with Gasteiger partial charge in [0.15, 0.2) is 0 Å².